The fourth-order valence-electron chi connectivity index (χ4n) is 7.59. The van der Waals surface area contributed by atoms with E-state index >= 15 is 0 Å². The molecule has 2 unspecified atom stereocenters. The van der Waals surface area contributed by atoms with Crippen LogP contribution in [0.4, 0.5) is 17.1 Å². The molecule has 0 aliphatic carbocycles. The third-order valence-electron chi connectivity index (χ3n) is 9.56. The fraction of sp³-hybridized carbons (Fsp3) is 0.486. The van der Waals surface area contributed by atoms with Crippen molar-refractivity contribution in [3.63, 3.8) is 0 Å². The zero-order valence-corrected chi connectivity index (χ0v) is 26.1. The van der Waals surface area contributed by atoms with E-state index in [-0.39, 0.29) is 6.04 Å². The quantitative estimate of drug-likeness (QED) is 0.407. The van der Waals surface area contributed by atoms with Crippen molar-refractivity contribution in [2.75, 3.05) is 74.2 Å². The highest BCUT2D eigenvalue weighted by atomic mass is 16.5. The Morgan fingerprint density at radius 3 is 1.90 bits per heavy atom. The molecule has 224 valence electrons. The average Bonchev–Trinajstić information content (AvgIpc) is 3.28. The highest BCUT2D eigenvalue weighted by Crippen LogP contribution is 2.54. The zero-order chi connectivity index (χ0) is 29.6. The van der Waals surface area contributed by atoms with Gasteiger partial charge >= 0.3 is 0 Å². The van der Waals surface area contributed by atoms with E-state index in [1.165, 1.54) is 28.2 Å². The Labute approximate surface area is 251 Å². The van der Waals surface area contributed by atoms with E-state index in [0.29, 0.717) is 0 Å². The van der Waals surface area contributed by atoms with E-state index < -0.39 is 11.7 Å². The molecule has 0 aromatic heterocycles. The van der Waals surface area contributed by atoms with E-state index in [2.05, 4.69) is 89.8 Å². The standard InChI is InChI=1S/C35H46N4O3/c1-24-30(26(3)40)33-31(25(2)32(24)38-20-16-37(17-21-38)28-12-14-29(41-6)15-13-28)34(35(4,5)42-33)39-22-18-36(19-23-39)27-10-8-7-9-11-27/h7-15,26,34,40H,16-23H2,1-6H3. The molecule has 2 fully saturated rings. The first-order chi connectivity index (χ1) is 20.2. The van der Waals surface area contributed by atoms with Crippen molar-refractivity contribution in [3.05, 3.63) is 76.9 Å². The van der Waals surface area contributed by atoms with Gasteiger partial charge in [0.15, 0.2) is 0 Å². The van der Waals surface area contributed by atoms with Gasteiger partial charge < -0.3 is 29.3 Å². The number of methoxy groups -OCH3 is 1. The molecule has 6 rings (SSSR count). The van der Waals surface area contributed by atoms with Gasteiger partial charge in [-0.2, -0.15) is 0 Å². The summed E-state index contributed by atoms with van der Waals surface area (Å²) in [5, 5.41) is 11.1. The minimum Gasteiger partial charge on any atom is -0.497 e. The molecular weight excluding hydrogens is 524 g/mol. The number of anilines is 3. The summed E-state index contributed by atoms with van der Waals surface area (Å²) in [5.41, 5.74) is 8.04. The van der Waals surface area contributed by atoms with E-state index in [0.717, 1.165) is 75.0 Å². The lowest BCUT2D eigenvalue weighted by molar-refractivity contribution is 0.0244. The van der Waals surface area contributed by atoms with Gasteiger partial charge in [0.2, 0.25) is 0 Å². The summed E-state index contributed by atoms with van der Waals surface area (Å²) >= 11 is 0. The van der Waals surface area contributed by atoms with Crippen LogP contribution in [0.25, 0.3) is 0 Å². The Morgan fingerprint density at radius 2 is 1.33 bits per heavy atom. The summed E-state index contributed by atoms with van der Waals surface area (Å²) in [7, 11) is 1.71. The lowest BCUT2D eigenvalue weighted by Crippen LogP contribution is -2.52. The van der Waals surface area contributed by atoms with E-state index in [4.69, 9.17) is 9.47 Å². The molecule has 1 N–H and O–H groups in total. The molecule has 3 heterocycles. The minimum atomic E-state index is -0.608. The normalized spacial score (nSPS) is 21.2. The largest absolute Gasteiger partial charge is 0.497 e. The van der Waals surface area contributed by atoms with Gasteiger partial charge in [-0.3, -0.25) is 4.90 Å². The van der Waals surface area contributed by atoms with Gasteiger partial charge in [0.25, 0.3) is 0 Å². The molecule has 3 aromatic carbocycles. The van der Waals surface area contributed by atoms with Crippen LogP contribution in [0.1, 0.15) is 55.2 Å². The number of aliphatic hydroxyl groups is 1. The first-order valence-corrected chi connectivity index (χ1v) is 15.4. The lowest BCUT2D eigenvalue weighted by atomic mass is 9.85. The Hall–Kier alpha value is -3.42. The van der Waals surface area contributed by atoms with Crippen LogP contribution in [0.2, 0.25) is 0 Å². The van der Waals surface area contributed by atoms with Gasteiger partial charge in [-0.1, -0.05) is 18.2 Å². The maximum atomic E-state index is 11.1. The predicted octanol–water partition coefficient (Wildman–Crippen LogP) is 5.73. The summed E-state index contributed by atoms with van der Waals surface area (Å²) in [6, 6.07) is 19.2. The zero-order valence-electron chi connectivity index (χ0n) is 26.1. The van der Waals surface area contributed by atoms with Gasteiger partial charge in [-0.15, -0.1) is 0 Å². The molecule has 2 atom stereocenters. The monoisotopic (exact) mass is 570 g/mol. The molecule has 0 amide bonds. The molecule has 7 nitrogen and oxygen atoms in total. The lowest BCUT2D eigenvalue weighted by Gasteiger charge is -2.43. The molecule has 3 aliphatic heterocycles. The maximum Gasteiger partial charge on any atom is 0.131 e. The van der Waals surface area contributed by atoms with Crippen molar-refractivity contribution < 1.29 is 14.6 Å². The fourth-order valence-corrected chi connectivity index (χ4v) is 7.59. The highest BCUT2D eigenvalue weighted by molar-refractivity contribution is 5.72. The smallest absolute Gasteiger partial charge is 0.131 e. The second kappa shape index (κ2) is 11.3. The second-order valence-corrected chi connectivity index (χ2v) is 12.6. The second-order valence-electron chi connectivity index (χ2n) is 12.6. The maximum absolute atomic E-state index is 11.1. The van der Waals surface area contributed by atoms with Crippen LogP contribution in [0.5, 0.6) is 11.5 Å². The highest BCUT2D eigenvalue weighted by Gasteiger charge is 2.48. The minimum absolute atomic E-state index is 0.128. The van der Waals surface area contributed by atoms with Crippen molar-refractivity contribution in [2.45, 2.75) is 52.4 Å². The summed E-state index contributed by atoms with van der Waals surface area (Å²) < 4.78 is 12.2. The molecule has 7 heteroatoms. The summed E-state index contributed by atoms with van der Waals surface area (Å²) in [6.45, 7) is 18.4. The van der Waals surface area contributed by atoms with Crippen LogP contribution in [0, 0.1) is 13.8 Å². The van der Waals surface area contributed by atoms with Crippen molar-refractivity contribution in [3.8, 4) is 11.5 Å². The Kier molecular flexibility index (Phi) is 7.75. The molecule has 3 aromatic rings. The van der Waals surface area contributed by atoms with Gasteiger partial charge in [0.1, 0.15) is 17.1 Å². The van der Waals surface area contributed by atoms with E-state index in [1.54, 1.807) is 7.11 Å². The third-order valence-corrected chi connectivity index (χ3v) is 9.56. The first-order valence-electron chi connectivity index (χ1n) is 15.4. The number of hydrogen-bond donors (Lipinski definition) is 1. The van der Waals surface area contributed by atoms with Crippen LogP contribution >= 0.6 is 0 Å². The Bertz CT molecular complexity index is 1390. The first kappa shape index (κ1) is 28.7. The van der Waals surface area contributed by atoms with E-state index in [9.17, 15) is 5.11 Å². The van der Waals surface area contributed by atoms with Crippen LogP contribution < -0.4 is 24.2 Å². The molecule has 3 aliphatic rings. The van der Waals surface area contributed by atoms with E-state index in [1.807, 2.05) is 19.1 Å². The number of aliphatic hydroxyl groups excluding tert-OH is 1. The van der Waals surface area contributed by atoms with Crippen LogP contribution in [-0.4, -0.2) is 75.1 Å². The van der Waals surface area contributed by atoms with Crippen LogP contribution in [0.3, 0.4) is 0 Å². The van der Waals surface area contributed by atoms with Crippen molar-refractivity contribution in [2.24, 2.45) is 0 Å². The number of rotatable bonds is 6. The Balaban J connectivity index is 1.29. The molecule has 42 heavy (non-hydrogen) atoms. The molecule has 0 saturated carbocycles. The van der Waals surface area contributed by atoms with Crippen molar-refractivity contribution >= 4 is 17.1 Å². The molecule has 0 radical (unpaired) electrons. The van der Waals surface area contributed by atoms with Crippen LogP contribution in [-0.2, 0) is 0 Å². The third kappa shape index (κ3) is 5.07. The molecule has 0 spiro atoms. The molecular formula is C35H46N4O3. The average molecular weight is 571 g/mol. The van der Waals surface area contributed by atoms with Gasteiger partial charge in [-0.25, -0.2) is 0 Å². The van der Waals surface area contributed by atoms with Gasteiger partial charge in [0.05, 0.1) is 19.3 Å². The number of hydrogen-bond acceptors (Lipinski definition) is 7. The van der Waals surface area contributed by atoms with Gasteiger partial charge in [-0.05, 0) is 82.1 Å². The topological polar surface area (TPSA) is 51.7 Å². The summed E-state index contributed by atoms with van der Waals surface area (Å²) in [6.07, 6.45) is -0.608. The van der Waals surface area contributed by atoms with Crippen molar-refractivity contribution in [1.82, 2.24) is 4.90 Å². The number of benzene rings is 3. The number of fused-ring (bicyclic) bond motifs is 1. The van der Waals surface area contributed by atoms with Crippen molar-refractivity contribution in [1.29, 1.82) is 0 Å². The SMILES string of the molecule is COc1ccc(N2CCN(c3c(C)c(C(C)O)c4c(c3C)C(N3CCN(c5ccccc5)CC3)C(C)(C)O4)CC2)cc1. The summed E-state index contributed by atoms with van der Waals surface area (Å²) in [4.78, 5) is 10.1. The van der Waals surface area contributed by atoms with Gasteiger partial charge in [0, 0.05) is 80.5 Å². The van der Waals surface area contributed by atoms with Crippen LogP contribution in [0.15, 0.2) is 54.6 Å². The number of ether oxygens (including phenoxy) is 2. The molecule has 2 saturated heterocycles. The number of nitrogens with zero attached hydrogens (tertiary/aromatic N) is 4. The Morgan fingerprint density at radius 1 is 0.786 bits per heavy atom. The predicted molar refractivity (Wildman–Crippen MR) is 172 cm³/mol. The number of piperazine rings is 2. The molecule has 0 bridgehead atoms. The summed E-state index contributed by atoms with van der Waals surface area (Å²) in [5.74, 6) is 1.79. The number of para-hydroxylation sites is 1.